The van der Waals surface area contributed by atoms with E-state index in [-0.39, 0.29) is 12.4 Å². The number of amides is 1. The van der Waals surface area contributed by atoms with Gasteiger partial charge in [-0.3, -0.25) is 4.79 Å². The van der Waals surface area contributed by atoms with Crippen molar-refractivity contribution in [3.8, 4) is 11.5 Å². The second-order valence-electron chi connectivity index (χ2n) is 6.12. The third kappa shape index (κ3) is 5.97. The summed E-state index contributed by atoms with van der Waals surface area (Å²) >= 11 is 5.46. The molecule has 1 N–H and O–H groups in total. The maximum Gasteiger partial charge on any atom is 0.343 e. The monoisotopic (exact) mass is 600 g/mol. The molecule has 1 aromatic heterocycles. The van der Waals surface area contributed by atoms with Crippen molar-refractivity contribution in [3.63, 3.8) is 0 Å². The fourth-order valence-corrected chi connectivity index (χ4v) is 3.76. The molecule has 1 heterocycles. The number of carbonyl (C=O) groups excluding carboxylic acids is 2. The lowest BCUT2D eigenvalue weighted by Crippen LogP contribution is -2.16. The molecule has 0 bridgehead atoms. The van der Waals surface area contributed by atoms with Gasteiger partial charge in [-0.05, 0) is 71.5 Å². The maximum absolute atomic E-state index is 12.3. The van der Waals surface area contributed by atoms with Crippen molar-refractivity contribution < 1.29 is 28.2 Å². The molecule has 0 unspecified atom stereocenters. The standard InChI is InChI=1S/C21H18BrIN2O6/c1-3-29-17-7-12(6-15(23)20(17)30-11-19(26)28-2)10-24-25-21(27)18-9-13-8-14(22)4-5-16(13)31-18/h4-10H,3,11H2,1-2H3,(H,25,27)/b24-10+. The van der Waals surface area contributed by atoms with Crippen LogP contribution in [0.1, 0.15) is 23.0 Å². The zero-order valence-electron chi connectivity index (χ0n) is 16.6. The number of benzene rings is 2. The van der Waals surface area contributed by atoms with Crippen LogP contribution in [0.4, 0.5) is 0 Å². The fourth-order valence-electron chi connectivity index (χ4n) is 2.60. The van der Waals surface area contributed by atoms with E-state index in [2.05, 4.69) is 53.8 Å². The molecule has 0 aliphatic rings. The van der Waals surface area contributed by atoms with Crippen molar-refractivity contribution in [3.05, 3.63) is 55.8 Å². The van der Waals surface area contributed by atoms with Crippen LogP contribution in [-0.4, -0.2) is 38.4 Å². The summed E-state index contributed by atoms with van der Waals surface area (Å²) < 4.78 is 22.9. The van der Waals surface area contributed by atoms with Gasteiger partial charge in [-0.25, -0.2) is 10.2 Å². The topological polar surface area (TPSA) is 99.4 Å². The first kappa shape index (κ1) is 23.1. The molecule has 3 aromatic rings. The number of ether oxygens (including phenoxy) is 3. The van der Waals surface area contributed by atoms with Crippen molar-refractivity contribution in [2.75, 3.05) is 20.3 Å². The summed E-state index contributed by atoms with van der Waals surface area (Å²) in [5.74, 6) is 0.0729. The van der Waals surface area contributed by atoms with Gasteiger partial charge in [0.05, 0.1) is 23.5 Å². The largest absolute Gasteiger partial charge is 0.490 e. The average molecular weight is 601 g/mol. The molecule has 2 aromatic carbocycles. The summed E-state index contributed by atoms with van der Waals surface area (Å²) in [6.45, 7) is 2.01. The number of carbonyl (C=O) groups is 2. The first-order chi connectivity index (χ1) is 14.9. The first-order valence-electron chi connectivity index (χ1n) is 9.09. The second kappa shape index (κ2) is 10.6. The predicted molar refractivity (Wildman–Crippen MR) is 127 cm³/mol. The van der Waals surface area contributed by atoms with Gasteiger partial charge in [-0.2, -0.15) is 5.10 Å². The van der Waals surface area contributed by atoms with Crippen molar-refractivity contribution in [2.45, 2.75) is 6.92 Å². The SMILES string of the molecule is CCOc1cc(/C=N/NC(=O)c2cc3cc(Br)ccc3o2)cc(I)c1OCC(=O)OC. The molecule has 1 amide bonds. The van der Waals surface area contributed by atoms with Gasteiger partial charge in [0.1, 0.15) is 5.58 Å². The zero-order chi connectivity index (χ0) is 22.4. The van der Waals surface area contributed by atoms with Gasteiger partial charge in [0.15, 0.2) is 23.9 Å². The number of rotatable bonds is 8. The summed E-state index contributed by atoms with van der Waals surface area (Å²) in [7, 11) is 1.29. The third-order valence-electron chi connectivity index (χ3n) is 3.98. The Kier molecular flexibility index (Phi) is 7.91. The second-order valence-corrected chi connectivity index (χ2v) is 8.20. The number of esters is 1. The van der Waals surface area contributed by atoms with E-state index < -0.39 is 11.9 Å². The van der Waals surface area contributed by atoms with Crippen LogP contribution < -0.4 is 14.9 Å². The highest BCUT2D eigenvalue weighted by Crippen LogP contribution is 2.34. The number of furan rings is 1. The van der Waals surface area contributed by atoms with Crippen LogP contribution >= 0.6 is 38.5 Å². The van der Waals surface area contributed by atoms with Crippen molar-refractivity contribution in [2.24, 2.45) is 5.10 Å². The maximum atomic E-state index is 12.3. The lowest BCUT2D eigenvalue weighted by Gasteiger charge is -2.13. The molecule has 8 nitrogen and oxygen atoms in total. The lowest BCUT2D eigenvalue weighted by atomic mass is 10.2. The van der Waals surface area contributed by atoms with Crippen molar-refractivity contribution >= 4 is 67.6 Å². The Morgan fingerprint density at radius 1 is 1.23 bits per heavy atom. The molecule has 0 radical (unpaired) electrons. The minimum atomic E-state index is -0.496. The summed E-state index contributed by atoms with van der Waals surface area (Å²) in [6, 6.07) is 10.6. The molecular formula is C21H18BrIN2O6. The fraction of sp³-hybridized carbons (Fsp3) is 0.190. The quantitative estimate of drug-likeness (QED) is 0.177. The molecule has 0 aliphatic heterocycles. The van der Waals surface area contributed by atoms with Crippen LogP contribution in [0.3, 0.4) is 0 Å². The van der Waals surface area contributed by atoms with E-state index in [0.29, 0.717) is 32.8 Å². The molecule has 0 atom stereocenters. The van der Waals surface area contributed by atoms with E-state index >= 15 is 0 Å². The Morgan fingerprint density at radius 3 is 2.77 bits per heavy atom. The van der Waals surface area contributed by atoms with Crippen LogP contribution in [-0.2, 0) is 9.53 Å². The number of hydrogen-bond donors (Lipinski definition) is 1. The molecule has 0 saturated carbocycles. The number of nitrogens with one attached hydrogen (secondary N) is 1. The van der Waals surface area contributed by atoms with E-state index in [1.54, 1.807) is 24.3 Å². The predicted octanol–water partition coefficient (Wildman–Crippen LogP) is 4.51. The van der Waals surface area contributed by atoms with Gasteiger partial charge in [0, 0.05) is 9.86 Å². The average Bonchev–Trinajstić information content (AvgIpc) is 3.16. The Morgan fingerprint density at radius 2 is 2.03 bits per heavy atom. The molecule has 31 heavy (non-hydrogen) atoms. The van der Waals surface area contributed by atoms with Crippen LogP contribution in [0.15, 0.2) is 50.4 Å². The van der Waals surface area contributed by atoms with Crippen molar-refractivity contribution in [1.82, 2.24) is 5.43 Å². The number of hydrogen-bond acceptors (Lipinski definition) is 7. The van der Waals surface area contributed by atoms with E-state index in [9.17, 15) is 9.59 Å². The number of halogens is 2. The summed E-state index contributed by atoms with van der Waals surface area (Å²) in [5, 5.41) is 4.80. The van der Waals surface area contributed by atoms with Crippen LogP contribution in [0.2, 0.25) is 0 Å². The normalized spacial score (nSPS) is 11.0. The van der Waals surface area contributed by atoms with Gasteiger partial charge in [0.25, 0.3) is 0 Å². The molecule has 0 fully saturated rings. The van der Waals surface area contributed by atoms with Crippen LogP contribution in [0.5, 0.6) is 11.5 Å². The molecule has 0 aliphatic carbocycles. The van der Waals surface area contributed by atoms with Gasteiger partial charge >= 0.3 is 11.9 Å². The lowest BCUT2D eigenvalue weighted by molar-refractivity contribution is -0.142. The smallest absolute Gasteiger partial charge is 0.343 e. The number of nitrogens with zero attached hydrogens (tertiary/aromatic N) is 1. The zero-order valence-corrected chi connectivity index (χ0v) is 20.4. The van der Waals surface area contributed by atoms with Gasteiger partial charge in [-0.15, -0.1) is 0 Å². The van der Waals surface area contributed by atoms with Gasteiger partial charge < -0.3 is 18.6 Å². The highest BCUT2D eigenvalue weighted by atomic mass is 127. The van der Waals surface area contributed by atoms with Gasteiger partial charge in [-0.1, -0.05) is 15.9 Å². The highest BCUT2D eigenvalue weighted by molar-refractivity contribution is 14.1. The number of fused-ring (bicyclic) bond motifs is 1. The van der Waals surface area contributed by atoms with Crippen LogP contribution in [0, 0.1) is 3.57 Å². The first-order valence-corrected chi connectivity index (χ1v) is 11.0. The summed E-state index contributed by atoms with van der Waals surface area (Å²) in [5.41, 5.74) is 3.73. The Balaban J connectivity index is 1.72. The minimum Gasteiger partial charge on any atom is -0.490 e. The summed E-state index contributed by atoms with van der Waals surface area (Å²) in [4.78, 5) is 23.7. The van der Waals surface area contributed by atoms with E-state index in [0.717, 1.165) is 9.86 Å². The molecule has 10 heteroatoms. The van der Waals surface area contributed by atoms with E-state index in [1.807, 2.05) is 19.1 Å². The summed E-state index contributed by atoms with van der Waals surface area (Å²) in [6.07, 6.45) is 1.48. The minimum absolute atomic E-state index is 0.154. The van der Waals surface area contributed by atoms with Gasteiger partial charge in [0.2, 0.25) is 0 Å². The number of methoxy groups -OCH3 is 1. The Labute approximate surface area is 200 Å². The molecule has 0 spiro atoms. The van der Waals surface area contributed by atoms with Crippen LogP contribution in [0.25, 0.3) is 11.0 Å². The highest BCUT2D eigenvalue weighted by Gasteiger charge is 2.15. The van der Waals surface area contributed by atoms with E-state index in [4.69, 9.17) is 13.9 Å². The van der Waals surface area contributed by atoms with E-state index in [1.165, 1.54) is 13.3 Å². The molecule has 0 saturated heterocycles. The Hall–Kier alpha value is -2.60. The molecular weight excluding hydrogens is 583 g/mol. The Bertz CT molecular complexity index is 1140. The third-order valence-corrected chi connectivity index (χ3v) is 5.27. The van der Waals surface area contributed by atoms with Crippen molar-refractivity contribution in [1.29, 1.82) is 0 Å². The molecule has 3 rings (SSSR count). The number of hydrazone groups is 1. The molecule has 162 valence electrons.